The summed E-state index contributed by atoms with van der Waals surface area (Å²) in [6, 6.07) is 27.0. The molecular formula is C29H24N2O3S. The molecule has 2 aromatic heterocycles. The second-order valence-electron chi connectivity index (χ2n) is 8.89. The average Bonchev–Trinajstić information content (AvgIpc) is 3.38. The van der Waals surface area contributed by atoms with Gasteiger partial charge in [-0.1, -0.05) is 60.3 Å². The Balaban J connectivity index is 1.41. The predicted octanol–water partition coefficient (Wildman–Crippen LogP) is 6.44. The van der Waals surface area contributed by atoms with E-state index >= 15 is 0 Å². The Bertz CT molecular complexity index is 1540. The fraction of sp³-hybridized carbons (Fsp3) is 0.172. The van der Waals surface area contributed by atoms with Gasteiger partial charge in [0, 0.05) is 40.8 Å². The minimum atomic E-state index is -0.883. The lowest BCUT2D eigenvalue weighted by Gasteiger charge is -2.33. The van der Waals surface area contributed by atoms with Crippen molar-refractivity contribution in [3.8, 4) is 11.1 Å². The molecular weight excluding hydrogens is 456 g/mol. The van der Waals surface area contributed by atoms with E-state index in [0.29, 0.717) is 26.1 Å². The Morgan fingerprint density at radius 2 is 1.74 bits per heavy atom. The number of imidazole rings is 1. The summed E-state index contributed by atoms with van der Waals surface area (Å²) in [5.74, 6) is -0.774. The van der Waals surface area contributed by atoms with Gasteiger partial charge in [-0.25, -0.2) is 4.98 Å². The number of carbonyl (C=O) groups is 1. The maximum atomic E-state index is 12.3. The number of benzene rings is 3. The van der Waals surface area contributed by atoms with E-state index in [1.54, 1.807) is 11.8 Å². The fourth-order valence-electron chi connectivity index (χ4n) is 5.03. The molecule has 0 radical (unpaired) electrons. The van der Waals surface area contributed by atoms with Crippen LogP contribution in [0, 0.1) is 0 Å². The number of hydrogen-bond donors (Lipinski definition) is 1. The molecule has 1 fully saturated rings. The van der Waals surface area contributed by atoms with E-state index in [1.807, 2.05) is 42.7 Å². The van der Waals surface area contributed by atoms with E-state index in [0.717, 1.165) is 43.0 Å². The second kappa shape index (κ2) is 8.87. The van der Waals surface area contributed by atoms with Crippen LogP contribution in [0.5, 0.6) is 0 Å². The first-order valence-corrected chi connectivity index (χ1v) is 12.5. The molecule has 6 heteroatoms. The predicted molar refractivity (Wildman–Crippen MR) is 138 cm³/mol. The number of nitrogens with zero attached hydrogens (tertiary/aromatic N) is 2. The summed E-state index contributed by atoms with van der Waals surface area (Å²) >= 11 is 1.65. The van der Waals surface area contributed by atoms with Crippen molar-refractivity contribution in [1.29, 1.82) is 0 Å². The van der Waals surface area contributed by atoms with Gasteiger partial charge in [-0.05, 0) is 59.9 Å². The molecule has 0 aliphatic carbocycles. The molecule has 0 spiro atoms. The molecule has 0 bridgehead atoms. The van der Waals surface area contributed by atoms with Crippen molar-refractivity contribution in [2.45, 2.75) is 28.0 Å². The highest BCUT2D eigenvalue weighted by Gasteiger charge is 2.42. The molecule has 3 heterocycles. The van der Waals surface area contributed by atoms with Gasteiger partial charge in [-0.2, -0.15) is 0 Å². The molecule has 6 rings (SSSR count). The van der Waals surface area contributed by atoms with Crippen molar-refractivity contribution in [3.05, 3.63) is 96.8 Å². The van der Waals surface area contributed by atoms with Crippen LogP contribution in [0.15, 0.2) is 101 Å². The molecule has 0 atom stereocenters. The van der Waals surface area contributed by atoms with Crippen molar-refractivity contribution in [1.82, 2.24) is 9.38 Å². The standard InChI is InChI=1S/C29H24N2O3S/c32-28(33)29(11-15-34-16-12-29)21-7-4-8-22(17-21)35-23-9-10-24-25(20-5-2-1-3-6-20)19-27-30-13-14-31(27)26(24)18-23/h1-10,13-14,17-19H,11-12,15-16H2,(H,32,33). The molecule has 0 unspecified atom stereocenters. The number of carboxylic acid groups (broad SMARTS) is 1. The van der Waals surface area contributed by atoms with Crippen LogP contribution in [0.25, 0.3) is 27.7 Å². The first kappa shape index (κ1) is 21.9. The van der Waals surface area contributed by atoms with E-state index in [1.165, 1.54) is 0 Å². The Morgan fingerprint density at radius 1 is 0.943 bits per heavy atom. The normalized spacial score (nSPS) is 15.4. The third kappa shape index (κ3) is 3.89. The van der Waals surface area contributed by atoms with Crippen molar-refractivity contribution >= 4 is 34.3 Å². The van der Waals surface area contributed by atoms with Gasteiger partial charge >= 0.3 is 5.97 Å². The first-order valence-electron chi connectivity index (χ1n) is 11.7. The van der Waals surface area contributed by atoms with Crippen LogP contribution in [0.3, 0.4) is 0 Å². The van der Waals surface area contributed by atoms with Crippen LogP contribution in [-0.4, -0.2) is 33.7 Å². The van der Waals surface area contributed by atoms with Crippen LogP contribution in [-0.2, 0) is 14.9 Å². The lowest BCUT2D eigenvalue weighted by molar-refractivity contribution is -0.147. The van der Waals surface area contributed by atoms with Crippen LogP contribution in [0.4, 0.5) is 0 Å². The number of rotatable bonds is 5. The summed E-state index contributed by atoms with van der Waals surface area (Å²) < 4.78 is 7.57. The number of hydrogen-bond acceptors (Lipinski definition) is 4. The largest absolute Gasteiger partial charge is 0.481 e. The second-order valence-corrected chi connectivity index (χ2v) is 10.0. The highest BCUT2D eigenvalue weighted by molar-refractivity contribution is 7.99. The van der Waals surface area contributed by atoms with Crippen molar-refractivity contribution in [2.24, 2.45) is 0 Å². The zero-order valence-corrected chi connectivity index (χ0v) is 19.9. The van der Waals surface area contributed by atoms with E-state index in [-0.39, 0.29) is 0 Å². The Morgan fingerprint density at radius 3 is 2.54 bits per heavy atom. The van der Waals surface area contributed by atoms with Gasteiger partial charge in [0.05, 0.1) is 10.9 Å². The van der Waals surface area contributed by atoms with Gasteiger partial charge in [-0.3, -0.25) is 9.20 Å². The maximum absolute atomic E-state index is 12.3. The Labute approximate surface area is 207 Å². The minimum absolute atomic E-state index is 0.471. The third-order valence-electron chi connectivity index (χ3n) is 6.92. The van der Waals surface area contributed by atoms with Gasteiger partial charge < -0.3 is 9.84 Å². The monoisotopic (exact) mass is 480 g/mol. The van der Waals surface area contributed by atoms with Gasteiger partial charge in [0.2, 0.25) is 0 Å². The molecule has 35 heavy (non-hydrogen) atoms. The van der Waals surface area contributed by atoms with Crippen molar-refractivity contribution in [3.63, 3.8) is 0 Å². The lowest BCUT2D eigenvalue weighted by Crippen LogP contribution is -2.41. The van der Waals surface area contributed by atoms with Crippen LogP contribution < -0.4 is 0 Å². The molecule has 1 N–H and O–H groups in total. The molecule has 3 aromatic carbocycles. The van der Waals surface area contributed by atoms with Crippen LogP contribution in [0.1, 0.15) is 18.4 Å². The Kier molecular flexibility index (Phi) is 5.55. The summed E-state index contributed by atoms with van der Waals surface area (Å²) in [7, 11) is 0. The fourth-order valence-corrected chi connectivity index (χ4v) is 5.94. The zero-order valence-electron chi connectivity index (χ0n) is 19.1. The smallest absolute Gasteiger partial charge is 0.314 e. The summed E-state index contributed by atoms with van der Waals surface area (Å²) in [6.07, 6.45) is 4.80. The number of pyridine rings is 1. The summed E-state index contributed by atoms with van der Waals surface area (Å²) in [4.78, 5) is 18.9. The lowest BCUT2D eigenvalue weighted by atomic mass is 9.74. The van der Waals surface area contributed by atoms with Crippen LogP contribution in [0.2, 0.25) is 0 Å². The SMILES string of the molecule is O=C(O)C1(c2cccc(Sc3ccc4c(-c5ccccc5)cc5nccn5c4c3)c2)CCOCC1. The topological polar surface area (TPSA) is 63.8 Å². The molecule has 1 aliphatic heterocycles. The third-order valence-corrected chi connectivity index (χ3v) is 7.90. The average molecular weight is 481 g/mol. The molecule has 5 aromatic rings. The summed E-state index contributed by atoms with van der Waals surface area (Å²) in [6.45, 7) is 0.942. The molecule has 5 nitrogen and oxygen atoms in total. The molecule has 174 valence electrons. The van der Waals surface area contributed by atoms with Gasteiger partial charge in [0.1, 0.15) is 5.65 Å². The van der Waals surface area contributed by atoms with Gasteiger partial charge in [0.15, 0.2) is 0 Å². The molecule has 1 aliphatic rings. The number of fused-ring (bicyclic) bond motifs is 3. The van der Waals surface area contributed by atoms with E-state index in [9.17, 15) is 9.90 Å². The van der Waals surface area contributed by atoms with E-state index in [2.05, 4.69) is 57.9 Å². The number of ether oxygens (including phenoxy) is 1. The molecule has 0 amide bonds. The van der Waals surface area contributed by atoms with Crippen molar-refractivity contribution in [2.75, 3.05) is 13.2 Å². The zero-order chi connectivity index (χ0) is 23.8. The highest BCUT2D eigenvalue weighted by Crippen LogP contribution is 2.39. The highest BCUT2D eigenvalue weighted by atomic mass is 32.2. The number of aromatic nitrogens is 2. The van der Waals surface area contributed by atoms with Crippen LogP contribution >= 0.6 is 11.8 Å². The minimum Gasteiger partial charge on any atom is -0.481 e. The molecule has 0 saturated carbocycles. The van der Waals surface area contributed by atoms with E-state index in [4.69, 9.17) is 4.74 Å². The maximum Gasteiger partial charge on any atom is 0.314 e. The number of aliphatic carboxylic acids is 1. The summed E-state index contributed by atoms with van der Waals surface area (Å²) in [5.41, 5.74) is 4.27. The van der Waals surface area contributed by atoms with Gasteiger partial charge in [-0.15, -0.1) is 0 Å². The number of carboxylic acids is 1. The summed E-state index contributed by atoms with van der Waals surface area (Å²) in [5, 5.41) is 11.2. The first-order chi connectivity index (χ1) is 17.1. The quantitative estimate of drug-likeness (QED) is 0.314. The van der Waals surface area contributed by atoms with Gasteiger partial charge in [0.25, 0.3) is 0 Å². The van der Waals surface area contributed by atoms with E-state index < -0.39 is 11.4 Å². The van der Waals surface area contributed by atoms with Crippen molar-refractivity contribution < 1.29 is 14.6 Å². The molecule has 1 saturated heterocycles. The Hall–Kier alpha value is -3.61.